The summed E-state index contributed by atoms with van der Waals surface area (Å²) in [6, 6.07) is 0. The van der Waals surface area contributed by atoms with E-state index in [1.807, 2.05) is 0 Å². The third-order valence-corrected chi connectivity index (χ3v) is 6.66. The maximum Gasteiger partial charge on any atom is 0.330 e. The molecule has 0 aromatic heterocycles. The Morgan fingerprint density at radius 2 is 1.45 bits per heavy atom. The van der Waals surface area contributed by atoms with Gasteiger partial charge in [-0.15, -0.1) is 0 Å². The lowest BCUT2D eigenvalue weighted by molar-refractivity contribution is -0.148. The molecular formula is C19H24O3. The minimum atomic E-state index is -0.273. The average molecular weight is 300 g/mol. The van der Waals surface area contributed by atoms with Gasteiger partial charge in [-0.2, -0.15) is 0 Å². The van der Waals surface area contributed by atoms with Crippen LogP contribution in [0.25, 0.3) is 0 Å². The lowest BCUT2D eigenvalue weighted by atomic mass is 9.69. The van der Waals surface area contributed by atoms with Crippen LogP contribution in [-0.2, 0) is 14.3 Å². The molecular weight excluding hydrogens is 276 g/mol. The number of fused-ring (bicyclic) bond motifs is 9. The fourth-order valence-electron chi connectivity index (χ4n) is 6.19. The number of allylic oxidation sites excluding steroid dienone is 1. The minimum Gasteiger partial charge on any atom is -0.491 e. The molecule has 4 bridgehead atoms. The van der Waals surface area contributed by atoms with Gasteiger partial charge in [-0.25, -0.2) is 4.79 Å². The lowest BCUT2D eigenvalue weighted by Crippen LogP contribution is -2.41. The van der Waals surface area contributed by atoms with Crippen molar-refractivity contribution in [2.45, 2.75) is 37.9 Å². The topological polar surface area (TPSA) is 35.5 Å². The van der Waals surface area contributed by atoms with Crippen LogP contribution in [0.5, 0.6) is 0 Å². The fourth-order valence-corrected chi connectivity index (χ4v) is 6.19. The van der Waals surface area contributed by atoms with Crippen LogP contribution in [0.15, 0.2) is 37.6 Å². The van der Waals surface area contributed by atoms with Crippen molar-refractivity contribution in [3.8, 4) is 0 Å². The zero-order chi connectivity index (χ0) is 15.4. The smallest absolute Gasteiger partial charge is 0.330 e. The number of carbonyl (C=O) groups is 1. The summed E-state index contributed by atoms with van der Waals surface area (Å²) in [5, 5.41) is 0. The molecule has 0 radical (unpaired) electrons. The first-order valence-corrected chi connectivity index (χ1v) is 8.43. The summed E-state index contributed by atoms with van der Waals surface area (Å²) in [5.74, 6) is 4.59. The van der Waals surface area contributed by atoms with E-state index in [1.54, 1.807) is 6.08 Å². The number of rotatable bonds is 5. The largest absolute Gasteiger partial charge is 0.491 e. The van der Waals surface area contributed by atoms with Crippen LogP contribution in [0.3, 0.4) is 0 Å². The Labute approximate surface area is 132 Å². The average Bonchev–Trinajstić information content (AvgIpc) is 3.23. The third kappa shape index (κ3) is 1.90. The van der Waals surface area contributed by atoms with E-state index in [1.165, 1.54) is 25.3 Å². The Morgan fingerprint density at radius 1 is 0.864 bits per heavy atom. The molecule has 0 aliphatic heterocycles. The molecule has 22 heavy (non-hydrogen) atoms. The first-order chi connectivity index (χ1) is 10.6. The maximum atomic E-state index is 11.6. The van der Waals surface area contributed by atoms with E-state index in [0.717, 1.165) is 24.2 Å². The van der Waals surface area contributed by atoms with Crippen LogP contribution in [-0.4, -0.2) is 18.2 Å². The van der Waals surface area contributed by atoms with Gasteiger partial charge in [0, 0.05) is 6.08 Å². The Balaban J connectivity index is 1.50. The van der Waals surface area contributed by atoms with Crippen molar-refractivity contribution >= 4 is 5.97 Å². The molecule has 4 fully saturated rings. The quantitative estimate of drug-likeness (QED) is 0.256. The SMILES string of the molecule is C=CC(=C)OC1CC2CC1C1C2C2CC1[C@H](OC(=O)C=C)C2. The summed E-state index contributed by atoms with van der Waals surface area (Å²) in [4.78, 5) is 11.6. The first kappa shape index (κ1) is 14.1. The highest BCUT2D eigenvalue weighted by Crippen LogP contribution is 2.68. The van der Waals surface area contributed by atoms with Crippen molar-refractivity contribution in [3.63, 3.8) is 0 Å². The van der Waals surface area contributed by atoms with Crippen molar-refractivity contribution in [3.05, 3.63) is 37.6 Å². The van der Waals surface area contributed by atoms with Gasteiger partial charge in [-0.05, 0) is 67.3 Å². The monoisotopic (exact) mass is 300 g/mol. The van der Waals surface area contributed by atoms with E-state index in [4.69, 9.17) is 9.47 Å². The molecule has 7 unspecified atom stereocenters. The molecule has 0 heterocycles. The molecule has 0 aromatic rings. The van der Waals surface area contributed by atoms with Gasteiger partial charge in [0.15, 0.2) is 0 Å². The van der Waals surface area contributed by atoms with E-state index >= 15 is 0 Å². The molecule has 8 atom stereocenters. The second kappa shape index (κ2) is 5.00. The highest BCUT2D eigenvalue weighted by molar-refractivity contribution is 5.81. The second-order valence-electron chi connectivity index (χ2n) is 7.45. The van der Waals surface area contributed by atoms with Gasteiger partial charge < -0.3 is 9.47 Å². The number of esters is 1. The summed E-state index contributed by atoms with van der Waals surface area (Å²) in [6.45, 7) is 11.1. The zero-order valence-electron chi connectivity index (χ0n) is 12.9. The van der Waals surface area contributed by atoms with Crippen molar-refractivity contribution in [1.82, 2.24) is 0 Å². The summed E-state index contributed by atoms with van der Waals surface area (Å²) in [6.07, 6.45) is 8.08. The molecule has 118 valence electrons. The molecule has 4 saturated carbocycles. The Bertz CT molecular complexity index is 491. The normalized spacial score (nSPS) is 47.1. The molecule has 3 nitrogen and oxygen atoms in total. The zero-order valence-corrected chi connectivity index (χ0v) is 12.9. The van der Waals surface area contributed by atoms with Crippen LogP contribution in [0, 0.1) is 35.5 Å². The van der Waals surface area contributed by atoms with Gasteiger partial charge in [-0.3, -0.25) is 0 Å². The van der Waals surface area contributed by atoms with E-state index in [0.29, 0.717) is 23.5 Å². The summed E-state index contributed by atoms with van der Waals surface area (Å²) in [5.41, 5.74) is 0. The van der Waals surface area contributed by atoms with Gasteiger partial charge in [0.1, 0.15) is 18.0 Å². The molecule has 0 saturated heterocycles. The van der Waals surface area contributed by atoms with Gasteiger partial charge in [0.25, 0.3) is 0 Å². The van der Waals surface area contributed by atoms with E-state index < -0.39 is 0 Å². The second-order valence-corrected chi connectivity index (χ2v) is 7.45. The Hall–Kier alpha value is -1.51. The van der Waals surface area contributed by atoms with Gasteiger partial charge >= 0.3 is 5.97 Å². The van der Waals surface area contributed by atoms with E-state index in [9.17, 15) is 4.79 Å². The standard InChI is InChI=1S/C19H24O3/c1-4-10(3)21-15-8-11-6-13(15)19-14-7-12(18(11)19)9-16(14)22-17(20)5-2/h4-5,11-16,18-19H,1-3,6-9H2/t11?,12?,13?,14?,15?,16-,18?,19?/m1/s1. The van der Waals surface area contributed by atoms with Gasteiger partial charge in [-0.1, -0.05) is 19.7 Å². The lowest BCUT2D eigenvalue weighted by Gasteiger charge is -2.41. The molecule has 4 rings (SSSR count). The Morgan fingerprint density at radius 3 is 2.00 bits per heavy atom. The molecule has 0 spiro atoms. The highest BCUT2D eigenvalue weighted by Gasteiger charge is 2.66. The maximum absolute atomic E-state index is 11.6. The minimum absolute atomic E-state index is 0.0966. The van der Waals surface area contributed by atoms with Gasteiger partial charge in [0.2, 0.25) is 0 Å². The van der Waals surface area contributed by atoms with Crippen molar-refractivity contribution < 1.29 is 14.3 Å². The van der Waals surface area contributed by atoms with Crippen LogP contribution < -0.4 is 0 Å². The fraction of sp³-hybridized carbons (Fsp3) is 0.632. The summed E-state index contributed by atoms with van der Waals surface area (Å²) < 4.78 is 11.6. The van der Waals surface area contributed by atoms with Crippen molar-refractivity contribution in [1.29, 1.82) is 0 Å². The van der Waals surface area contributed by atoms with Crippen LogP contribution in [0.1, 0.15) is 25.7 Å². The van der Waals surface area contributed by atoms with Gasteiger partial charge in [0.05, 0.1) is 0 Å². The summed E-state index contributed by atoms with van der Waals surface area (Å²) >= 11 is 0. The van der Waals surface area contributed by atoms with E-state index in [-0.39, 0.29) is 18.2 Å². The van der Waals surface area contributed by atoms with Crippen LogP contribution in [0.4, 0.5) is 0 Å². The molecule has 4 aliphatic rings. The molecule has 0 aromatic carbocycles. The van der Waals surface area contributed by atoms with Crippen LogP contribution in [0.2, 0.25) is 0 Å². The molecule has 0 N–H and O–H groups in total. The summed E-state index contributed by atoms with van der Waals surface area (Å²) in [7, 11) is 0. The molecule has 0 amide bonds. The third-order valence-electron chi connectivity index (χ3n) is 6.66. The van der Waals surface area contributed by atoms with Crippen molar-refractivity contribution in [2.75, 3.05) is 0 Å². The number of hydrogen-bond donors (Lipinski definition) is 0. The predicted octanol–water partition coefficient (Wildman–Crippen LogP) is 3.48. The molecule has 3 heteroatoms. The Kier molecular flexibility index (Phi) is 3.21. The number of ether oxygens (including phenoxy) is 2. The number of carbonyl (C=O) groups excluding carboxylic acids is 1. The molecule has 4 aliphatic carbocycles. The van der Waals surface area contributed by atoms with Crippen LogP contribution >= 0.6 is 0 Å². The van der Waals surface area contributed by atoms with E-state index in [2.05, 4.69) is 19.7 Å². The first-order valence-electron chi connectivity index (χ1n) is 8.43. The number of hydrogen-bond acceptors (Lipinski definition) is 3. The van der Waals surface area contributed by atoms with Crippen molar-refractivity contribution in [2.24, 2.45) is 35.5 Å². The predicted molar refractivity (Wildman–Crippen MR) is 83.7 cm³/mol. The highest BCUT2D eigenvalue weighted by atomic mass is 16.5.